The predicted molar refractivity (Wildman–Crippen MR) is 132 cm³/mol. The van der Waals surface area contributed by atoms with E-state index in [1.807, 2.05) is 59.3 Å². The van der Waals surface area contributed by atoms with Crippen LogP contribution in [0.5, 0.6) is 17.2 Å². The molecule has 1 amide bonds. The number of nitrogens with one attached hydrogen (secondary N) is 2. The van der Waals surface area contributed by atoms with Gasteiger partial charge in [0.15, 0.2) is 11.5 Å². The van der Waals surface area contributed by atoms with E-state index < -0.39 is 0 Å². The average molecular weight is 470 g/mol. The van der Waals surface area contributed by atoms with Crippen molar-refractivity contribution in [2.75, 3.05) is 26.6 Å². The van der Waals surface area contributed by atoms with Gasteiger partial charge in [0.2, 0.25) is 5.75 Å². The van der Waals surface area contributed by atoms with E-state index in [2.05, 4.69) is 20.5 Å². The molecule has 35 heavy (non-hydrogen) atoms. The molecule has 0 spiro atoms. The Hall–Kier alpha value is -4.79. The Balaban J connectivity index is 1.43. The Morgan fingerprint density at radius 3 is 2.37 bits per heavy atom. The zero-order valence-corrected chi connectivity index (χ0v) is 19.4. The van der Waals surface area contributed by atoms with Crippen LogP contribution >= 0.6 is 0 Å². The summed E-state index contributed by atoms with van der Waals surface area (Å²) in [5.74, 6) is 1.15. The number of fused-ring (bicyclic) bond motifs is 1. The fourth-order valence-electron chi connectivity index (χ4n) is 3.88. The highest BCUT2D eigenvalue weighted by Crippen LogP contribution is 2.41. The Bertz CT molecular complexity index is 1460. The molecule has 0 radical (unpaired) electrons. The van der Waals surface area contributed by atoms with E-state index >= 15 is 0 Å². The van der Waals surface area contributed by atoms with Crippen LogP contribution in [0.1, 0.15) is 10.5 Å². The lowest BCUT2D eigenvalue weighted by Crippen LogP contribution is -2.13. The molecule has 5 rings (SSSR count). The number of para-hydroxylation sites is 1. The van der Waals surface area contributed by atoms with Crippen LogP contribution in [0, 0.1) is 0 Å². The summed E-state index contributed by atoms with van der Waals surface area (Å²) in [4.78, 5) is 17.8. The predicted octanol–water partition coefficient (Wildman–Crippen LogP) is 4.67. The second-order valence-corrected chi connectivity index (χ2v) is 7.67. The van der Waals surface area contributed by atoms with Gasteiger partial charge in [0.1, 0.15) is 11.3 Å². The first-order valence-corrected chi connectivity index (χ1v) is 10.8. The molecule has 0 unspecified atom stereocenters. The first kappa shape index (κ1) is 22.0. The molecule has 2 aromatic carbocycles. The van der Waals surface area contributed by atoms with Crippen molar-refractivity contribution in [3.05, 3.63) is 78.8 Å². The van der Waals surface area contributed by atoms with Crippen LogP contribution in [-0.4, -0.2) is 46.8 Å². The number of amides is 1. The van der Waals surface area contributed by atoms with Crippen LogP contribution in [0.25, 0.3) is 28.2 Å². The lowest BCUT2D eigenvalue weighted by molar-refractivity contribution is 0.102. The summed E-state index contributed by atoms with van der Waals surface area (Å²) in [7, 11) is 4.64. The van der Waals surface area contributed by atoms with Crippen LogP contribution in [0.15, 0.2) is 73.1 Å². The number of imidazole rings is 1. The number of nitrogens with zero attached hydrogens (tertiary/aromatic N) is 3. The van der Waals surface area contributed by atoms with Crippen LogP contribution in [0.2, 0.25) is 0 Å². The molecule has 5 aromatic rings. The Morgan fingerprint density at radius 2 is 1.66 bits per heavy atom. The third-order valence-electron chi connectivity index (χ3n) is 5.60. The number of carbonyl (C=O) groups is 1. The highest BCUT2D eigenvalue weighted by Gasteiger charge is 2.18. The number of pyridine rings is 1. The van der Waals surface area contributed by atoms with Gasteiger partial charge in [-0.2, -0.15) is 5.10 Å². The van der Waals surface area contributed by atoms with Crippen molar-refractivity contribution in [1.29, 1.82) is 0 Å². The molecule has 2 N–H and O–H groups in total. The summed E-state index contributed by atoms with van der Waals surface area (Å²) in [5.41, 5.74) is 4.61. The monoisotopic (exact) mass is 469 g/mol. The number of methoxy groups -OCH3 is 3. The second kappa shape index (κ2) is 9.22. The molecule has 0 aliphatic rings. The van der Waals surface area contributed by atoms with E-state index in [0.29, 0.717) is 39.9 Å². The molecule has 3 heterocycles. The van der Waals surface area contributed by atoms with Crippen LogP contribution in [0.3, 0.4) is 0 Å². The van der Waals surface area contributed by atoms with Crippen molar-refractivity contribution in [1.82, 2.24) is 19.6 Å². The number of rotatable bonds is 7. The van der Waals surface area contributed by atoms with Crippen molar-refractivity contribution in [3.8, 4) is 39.8 Å². The number of carbonyl (C=O) groups excluding carboxylic acids is 1. The zero-order valence-electron chi connectivity index (χ0n) is 19.4. The average Bonchev–Trinajstić information content (AvgIpc) is 3.56. The maximum absolute atomic E-state index is 13.1. The number of benzene rings is 2. The third kappa shape index (κ3) is 4.15. The lowest BCUT2D eigenvalue weighted by atomic mass is 10.1. The van der Waals surface area contributed by atoms with Crippen molar-refractivity contribution in [2.45, 2.75) is 0 Å². The van der Waals surface area contributed by atoms with E-state index in [-0.39, 0.29) is 5.91 Å². The van der Waals surface area contributed by atoms with E-state index in [1.165, 1.54) is 0 Å². The molecular formula is C26H23N5O4. The minimum Gasteiger partial charge on any atom is -0.493 e. The number of ether oxygens (including phenoxy) is 3. The largest absolute Gasteiger partial charge is 0.493 e. The minimum atomic E-state index is -0.326. The summed E-state index contributed by atoms with van der Waals surface area (Å²) in [6.45, 7) is 0. The summed E-state index contributed by atoms with van der Waals surface area (Å²) in [5, 5.41) is 10.1. The van der Waals surface area contributed by atoms with E-state index in [0.717, 1.165) is 16.9 Å². The molecule has 0 aliphatic heterocycles. The highest BCUT2D eigenvalue weighted by molar-refractivity contribution is 6.05. The maximum Gasteiger partial charge on any atom is 0.273 e. The van der Waals surface area contributed by atoms with Gasteiger partial charge in [-0.3, -0.25) is 9.89 Å². The molecular weight excluding hydrogens is 446 g/mol. The van der Waals surface area contributed by atoms with Gasteiger partial charge >= 0.3 is 0 Å². The van der Waals surface area contributed by atoms with E-state index in [4.69, 9.17) is 14.2 Å². The lowest BCUT2D eigenvalue weighted by Gasteiger charge is -2.13. The Kier molecular flexibility index (Phi) is 5.80. The normalized spacial score (nSPS) is 10.8. The van der Waals surface area contributed by atoms with Crippen LogP contribution in [-0.2, 0) is 0 Å². The molecule has 0 atom stereocenters. The minimum absolute atomic E-state index is 0.304. The molecule has 0 fully saturated rings. The molecule has 0 bridgehead atoms. The molecule has 0 saturated carbocycles. The van der Waals surface area contributed by atoms with E-state index in [1.54, 1.807) is 39.5 Å². The highest BCUT2D eigenvalue weighted by atomic mass is 16.5. The summed E-state index contributed by atoms with van der Waals surface area (Å²) < 4.78 is 18.2. The number of H-pyrrole nitrogens is 1. The number of anilines is 1. The maximum atomic E-state index is 13.1. The topological polar surface area (TPSA) is 103 Å². The number of hydrogen-bond donors (Lipinski definition) is 2. The number of aromatic nitrogens is 4. The molecule has 0 aliphatic carbocycles. The van der Waals surface area contributed by atoms with Crippen molar-refractivity contribution < 1.29 is 19.0 Å². The third-order valence-corrected chi connectivity index (χ3v) is 5.60. The number of aromatic amines is 1. The van der Waals surface area contributed by atoms with Gasteiger partial charge in [-0.25, -0.2) is 4.98 Å². The van der Waals surface area contributed by atoms with Crippen LogP contribution in [0.4, 0.5) is 5.69 Å². The SMILES string of the molecule is COc1cc(-c2cc(C(=O)Nc3ccccc3-c3cn4ccccc4n3)[nH]n2)cc(OC)c1OC. The van der Waals surface area contributed by atoms with Gasteiger partial charge < -0.3 is 23.9 Å². The van der Waals surface area contributed by atoms with Gasteiger partial charge in [-0.05, 0) is 36.4 Å². The van der Waals surface area contributed by atoms with Gasteiger partial charge in [-0.1, -0.05) is 24.3 Å². The summed E-state index contributed by atoms with van der Waals surface area (Å²) in [6, 6.07) is 18.6. The standard InChI is InChI=1S/C26H23N5O4/c1-33-22-12-16(13-23(34-2)25(22)35-3)19-14-20(30-29-19)26(32)28-18-9-5-4-8-17(18)21-15-31-11-7-6-10-24(31)27-21/h4-15H,1-3H3,(H,28,32)(H,29,30). The number of hydrogen-bond acceptors (Lipinski definition) is 6. The molecule has 176 valence electrons. The van der Waals surface area contributed by atoms with Gasteiger partial charge in [0.25, 0.3) is 5.91 Å². The molecule has 9 nitrogen and oxygen atoms in total. The van der Waals surface area contributed by atoms with Gasteiger partial charge in [0.05, 0.1) is 38.4 Å². The van der Waals surface area contributed by atoms with Crippen molar-refractivity contribution in [3.63, 3.8) is 0 Å². The van der Waals surface area contributed by atoms with E-state index in [9.17, 15) is 4.79 Å². The van der Waals surface area contributed by atoms with Crippen LogP contribution < -0.4 is 19.5 Å². The molecule has 3 aromatic heterocycles. The fourth-order valence-corrected chi connectivity index (χ4v) is 3.88. The second-order valence-electron chi connectivity index (χ2n) is 7.67. The van der Waals surface area contributed by atoms with Crippen molar-refractivity contribution >= 4 is 17.2 Å². The molecule has 0 saturated heterocycles. The summed E-state index contributed by atoms with van der Waals surface area (Å²) >= 11 is 0. The van der Waals surface area contributed by atoms with Crippen molar-refractivity contribution in [2.24, 2.45) is 0 Å². The smallest absolute Gasteiger partial charge is 0.273 e. The van der Waals surface area contributed by atoms with Gasteiger partial charge in [0, 0.05) is 23.5 Å². The van der Waals surface area contributed by atoms with Gasteiger partial charge in [-0.15, -0.1) is 0 Å². The zero-order chi connectivity index (χ0) is 24.4. The quantitative estimate of drug-likeness (QED) is 0.359. The first-order valence-electron chi connectivity index (χ1n) is 10.8. The fraction of sp³-hybridized carbons (Fsp3) is 0.115. The molecule has 9 heteroatoms. The Morgan fingerprint density at radius 1 is 0.914 bits per heavy atom. The first-order chi connectivity index (χ1) is 17.1. The summed E-state index contributed by atoms with van der Waals surface area (Å²) in [6.07, 6.45) is 3.86. The Labute approximate surface area is 201 Å².